The van der Waals surface area contributed by atoms with Crippen LogP contribution >= 0.6 is 0 Å². The van der Waals surface area contributed by atoms with E-state index in [0.29, 0.717) is 12.8 Å². The topological polar surface area (TPSA) is 149 Å². The Morgan fingerprint density at radius 2 is 1.94 bits per heavy atom. The van der Waals surface area contributed by atoms with Crippen LogP contribution in [-0.4, -0.2) is 44.7 Å². The van der Waals surface area contributed by atoms with Crippen molar-refractivity contribution in [3.63, 3.8) is 0 Å². The third-order valence-corrected chi connectivity index (χ3v) is 7.23. The Bertz CT molecular complexity index is 1250. The highest BCUT2D eigenvalue weighted by Crippen LogP contribution is 2.45. The molecule has 1 heterocycles. The molecule has 4 rings (SSSR count). The van der Waals surface area contributed by atoms with Gasteiger partial charge in [-0.15, -0.1) is 0 Å². The molecule has 1 unspecified atom stereocenters. The number of anilines is 2. The third kappa shape index (κ3) is 4.40. The summed E-state index contributed by atoms with van der Waals surface area (Å²) in [6, 6.07) is 10.4. The van der Waals surface area contributed by atoms with E-state index >= 15 is 0 Å². The number of nitrogens with one attached hydrogen (secondary N) is 2. The Labute approximate surface area is 188 Å². The van der Waals surface area contributed by atoms with Crippen LogP contribution in [0.2, 0.25) is 0 Å². The monoisotopic (exact) mass is 474 g/mol. The van der Waals surface area contributed by atoms with E-state index in [1.54, 1.807) is 0 Å². The summed E-state index contributed by atoms with van der Waals surface area (Å²) in [5.41, 5.74) is -0.825. The maximum Gasteiger partial charge on any atom is 0.409 e. The minimum Gasteiger partial charge on any atom is -0.484 e. The van der Waals surface area contributed by atoms with E-state index in [-0.39, 0.29) is 35.1 Å². The van der Waals surface area contributed by atoms with E-state index in [9.17, 15) is 27.7 Å². The van der Waals surface area contributed by atoms with Crippen LogP contribution in [0.25, 0.3) is 0 Å². The van der Waals surface area contributed by atoms with Gasteiger partial charge in [0.25, 0.3) is 10.0 Å². The van der Waals surface area contributed by atoms with Gasteiger partial charge < -0.3 is 15.2 Å². The lowest BCUT2D eigenvalue weighted by atomic mass is 10.1. The van der Waals surface area contributed by atoms with Crippen LogP contribution in [0.3, 0.4) is 0 Å². The van der Waals surface area contributed by atoms with E-state index in [2.05, 4.69) is 10.6 Å². The zero-order chi connectivity index (χ0) is 23.8. The second-order valence-electron chi connectivity index (χ2n) is 7.75. The first-order valence-electron chi connectivity index (χ1n) is 9.93. The number of sulfonamides is 1. The molecular formula is C21H19FN4O6S. The fraction of sp³-hybridized carbons (Fsp3) is 0.286. The first kappa shape index (κ1) is 22.3. The summed E-state index contributed by atoms with van der Waals surface area (Å²) >= 11 is 0. The minimum atomic E-state index is -4.18. The zero-order valence-electron chi connectivity index (χ0n) is 17.1. The number of hydrogen-bond acceptors (Lipinski definition) is 6. The zero-order valence-corrected chi connectivity index (χ0v) is 17.9. The van der Waals surface area contributed by atoms with Gasteiger partial charge >= 0.3 is 6.09 Å². The van der Waals surface area contributed by atoms with Crippen LogP contribution in [-0.2, 0) is 14.8 Å². The van der Waals surface area contributed by atoms with E-state index in [1.165, 1.54) is 18.2 Å². The highest BCUT2D eigenvalue weighted by atomic mass is 32.2. The first-order chi connectivity index (χ1) is 15.6. The molecule has 0 spiro atoms. The van der Waals surface area contributed by atoms with E-state index in [1.807, 2.05) is 6.07 Å². The summed E-state index contributed by atoms with van der Waals surface area (Å²) in [4.78, 5) is 23.1. The van der Waals surface area contributed by atoms with Crippen molar-refractivity contribution in [2.75, 3.05) is 22.7 Å². The molecule has 0 bridgehead atoms. The number of carbonyl (C=O) groups excluding carboxylic acids is 1. The summed E-state index contributed by atoms with van der Waals surface area (Å²) < 4.78 is 47.0. The van der Waals surface area contributed by atoms with E-state index in [4.69, 9.17) is 9.84 Å². The average molecular weight is 474 g/mol. The van der Waals surface area contributed by atoms with Gasteiger partial charge in [0, 0.05) is 5.69 Å². The molecule has 2 aromatic carbocycles. The number of amides is 2. The normalized spacial score (nSPS) is 18.3. The summed E-state index contributed by atoms with van der Waals surface area (Å²) in [6.07, 6.45) is -1.18. The van der Waals surface area contributed by atoms with Gasteiger partial charge in [-0.2, -0.15) is 5.26 Å². The summed E-state index contributed by atoms with van der Waals surface area (Å²) in [5, 5.41) is 23.0. The molecule has 172 valence electrons. The lowest BCUT2D eigenvalue weighted by Gasteiger charge is -2.36. The molecular weight excluding hydrogens is 455 g/mol. The lowest BCUT2D eigenvalue weighted by Crippen LogP contribution is -2.49. The molecule has 10 nitrogen and oxygen atoms in total. The van der Waals surface area contributed by atoms with Gasteiger partial charge in [0.15, 0.2) is 0 Å². The minimum absolute atomic E-state index is 0.0493. The molecule has 1 aliphatic carbocycles. The van der Waals surface area contributed by atoms with Crippen molar-refractivity contribution in [1.29, 1.82) is 5.26 Å². The first-order valence-corrected chi connectivity index (χ1v) is 11.4. The van der Waals surface area contributed by atoms with Gasteiger partial charge in [-0.25, -0.2) is 17.6 Å². The van der Waals surface area contributed by atoms with Gasteiger partial charge in [-0.05, 0) is 55.3 Å². The number of carboxylic acid groups (broad SMARTS) is 1. The molecule has 1 saturated carbocycles. The number of nitrogens with zero attached hydrogens (tertiary/aromatic N) is 2. The molecule has 0 aromatic heterocycles. The quantitative estimate of drug-likeness (QED) is 0.581. The van der Waals surface area contributed by atoms with Gasteiger partial charge in [0.2, 0.25) is 5.91 Å². The molecule has 12 heteroatoms. The van der Waals surface area contributed by atoms with Crippen molar-refractivity contribution in [1.82, 2.24) is 5.32 Å². The molecule has 3 N–H and O–H groups in total. The molecule has 2 aliphatic rings. The van der Waals surface area contributed by atoms with Crippen molar-refractivity contribution < 1.29 is 32.2 Å². The Morgan fingerprint density at radius 3 is 2.55 bits per heavy atom. The van der Waals surface area contributed by atoms with Gasteiger partial charge in [-0.3, -0.25) is 14.4 Å². The number of fused-ring (bicyclic) bond motifs is 1. The highest BCUT2D eigenvalue weighted by molar-refractivity contribution is 7.92. The fourth-order valence-corrected chi connectivity index (χ4v) is 4.97. The number of halogens is 1. The Balaban J connectivity index is 1.65. The van der Waals surface area contributed by atoms with Crippen molar-refractivity contribution in [2.24, 2.45) is 5.41 Å². The molecule has 0 saturated heterocycles. The van der Waals surface area contributed by atoms with Crippen LogP contribution < -0.4 is 19.7 Å². The van der Waals surface area contributed by atoms with Crippen molar-refractivity contribution in [2.45, 2.75) is 23.8 Å². The van der Waals surface area contributed by atoms with E-state index < -0.39 is 39.4 Å². The number of rotatable bonds is 6. The van der Waals surface area contributed by atoms with Crippen LogP contribution in [0.1, 0.15) is 12.8 Å². The Hall–Kier alpha value is -3.85. The highest BCUT2D eigenvalue weighted by Gasteiger charge is 2.50. The fourth-order valence-electron chi connectivity index (χ4n) is 3.47. The number of nitriles is 1. The van der Waals surface area contributed by atoms with Crippen LogP contribution in [0.5, 0.6) is 5.75 Å². The van der Waals surface area contributed by atoms with Crippen LogP contribution in [0, 0.1) is 22.6 Å². The third-order valence-electron chi connectivity index (χ3n) is 5.43. The Kier molecular flexibility index (Phi) is 5.59. The average Bonchev–Trinajstić information content (AvgIpc) is 3.58. The molecule has 2 aromatic rings. The molecule has 33 heavy (non-hydrogen) atoms. The predicted molar refractivity (Wildman–Crippen MR) is 114 cm³/mol. The molecule has 2 amide bonds. The van der Waals surface area contributed by atoms with Gasteiger partial charge in [0.1, 0.15) is 23.1 Å². The number of hydrogen-bond donors (Lipinski definition) is 3. The second-order valence-corrected chi connectivity index (χ2v) is 9.61. The molecule has 1 atom stereocenters. The molecule has 0 radical (unpaired) electrons. The summed E-state index contributed by atoms with van der Waals surface area (Å²) in [7, 11) is -4.18. The summed E-state index contributed by atoms with van der Waals surface area (Å²) in [5.74, 6) is -0.881. The molecule has 1 aliphatic heterocycles. The maximum absolute atomic E-state index is 13.4. The number of benzene rings is 2. The van der Waals surface area contributed by atoms with Crippen LogP contribution in [0.15, 0.2) is 47.4 Å². The number of ether oxygens (including phenoxy) is 1. The smallest absolute Gasteiger partial charge is 0.409 e. The van der Waals surface area contributed by atoms with Crippen molar-refractivity contribution >= 4 is 33.4 Å². The Morgan fingerprint density at radius 1 is 1.24 bits per heavy atom. The standard InChI is InChI=1S/C21H19FN4O6S/c22-13-1-4-16(5-2-13)33(30,31)26-11-15(10-24-19(27)21(12-23)7-8-21)32-18-6-3-14(9-17(18)26)25-20(28)29/h1-6,9,15,25H,7-8,10-11H2,(H,24,27)(H,28,29). The lowest BCUT2D eigenvalue weighted by molar-refractivity contribution is -0.124. The van der Waals surface area contributed by atoms with Gasteiger partial charge in [0.05, 0.1) is 29.7 Å². The maximum atomic E-state index is 13.4. The second kappa shape index (κ2) is 8.25. The van der Waals surface area contributed by atoms with E-state index in [0.717, 1.165) is 28.6 Å². The van der Waals surface area contributed by atoms with Crippen molar-refractivity contribution in [3.05, 3.63) is 48.3 Å². The van der Waals surface area contributed by atoms with Gasteiger partial charge in [-0.1, -0.05) is 0 Å². The largest absolute Gasteiger partial charge is 0.484 e. The predicted octanol–water partition coefficient (Wildman–Crippen LogP) is 2.29. The summed E-state index contributed by atoms with van der Waals surface area (Å²) in [6.45, 7) is -0.255. The number of carbonyl (C=O) groups is 2. The SMILES string of the molecule is N#CC1(C(=O)NCC2CN(S(=O)(=O)c3ccc(F)cc3)c3cc(NC(=O)O)ccc3O2)CC1. The van der Waals surface area contributed by atoms with Crippen molar-refractivity contribution in [3.8, 4) is 11.8 Å². The van der Waals surface area contributed by atoms with Crippen LogP contribution in [0.4, 0.5) is 20.6 Å². The molecule has 1 fully saturated rings.